The van der Waals surface area contributed by atoms with Gasteiger partial charge in [0.1, 0.15) is 5.78 Å². The van der Waals surface area contributed by atoms with E-state index in [1.54, 1.807) is 13.4 Å². The van der Waals surface area contributed by atoms with Crippen LogP contribution in [0.4, 0.5) is 0 Å². The van der Waals surface area contributed by atoms with Gasteiger partial charge in [0, 0.05) is 12.8 Å². The zero-order valence-corrected chi connectivity index (χ0v) is 10.5. The average Bonchev–Trinajstić information content (AvgIpc) is 2.14. The van der Waals surface area contributed by atoms with Crippen LogP contribution in [0.3, 0.4) is 0 Å². The fraction of sp³-hybridized carbons (Fsp3) is 0.769. The lowest BCUT2D eigenvalue weighted by molar-refractivity contribution is -0.121. The van der Waals surface area contributed by atoms with Gasteiger partial charge in [-0.05, 0) is 24.3 Å². The Morgan fingerprint density at radius 2 is 2.07 bits per heavy atom. The summed E-state index contributed by atoms with van der Waals surface area (Å²) in [6.45, 7) is 6.35. The molecule has 0 aliphatic rings. The molecule has 0 N–H and O–H groups in total. The fourth-order valence-electron chi connectivity index (χ4n) is 1.53. The van der Waals surface area contributed by atoms with E-state index < -0.39 is 0 Å². The zero-order chi connectivity index (χ0) is 11.7. The van der Waals surface area contributed by atoms with E-state index in [1.165, 1.54) is 0 Å². The van der Waals surface area contributed by atoms with Gasteiger partial charge < -0.3 is 4.74 Å². The van der Waals surface area contributed by atoms with Gasteiger partial charge in [-0.25, -0.2) is 0 Å². The first-order valence-electron chi connectivity index (χ1n) is 5.71. The van der Waals surface area contributed by atoms with Crippen molar-refractivity contribution in [1.82, 2.24) is 0 Å². The van der Waals surface area contributed by atoms with E-state index in [-0.39, 0.29) is 5.41 Å². The van der Waals surface area contributed by atoms with Crippen LogP contribution >= 0.6 is 0 Å². The third kappa shape index (κ3) is 8.22. The highest BCUT2D eigenvalue weighted by molar-refractivity contribution is 5.78. The SMILES string of the molecule is CCCCC(=O)CC(C)(C)CC=COC. The van der Waals surface area contributed by atoms with Crippen LogP contribution in [0.15, 0.2) is 12.3 Å². The highest BCUT2D eigenvalue weighted by atomic mass is 16.5. The second-order valence-electron chi connectivity index (χ2n) is 4.79. The molecule has 0 fully saturated rings. The van der Waals surface area contributed by atoms with Gasteiger partial charge in [0.15, 0.2) is 0 Å². The maximum atomic E-state index is 11.6. The van der Waals surface area contributed by atoms with Crippen molar-refractivity contribution < 1.29 is 9.53 Å². The summed E-state index contributed by atoms with van der Waals surface area (Å²) in [5.41, 5.74) is 0.0554. The second kappa shape index (κ2) is 7.49. The summed E-state index contributed by atoms with van der Waals surface area (Å²) >= 11 is 0. The van der Waals surface area contributed by atoms with Gasteiger partial charge in [0.05, 0.1) is 13.4 Å². The lowest BCUT2D eigenvalue weighted by Gasteiger charge is -2.21. The largest absolute Gasteiger partial charge is 0.505 e. The van der Waals surface area contributed by atoms with E-state index in [2.05, 4.69) is 20.8 Å². The van der Waals surface area contributed by atoms with Crippen molar-refractivity contribution in [2.24, 2.45) is 5.41 Å². The molecule has 0 amide bonds. The standard InChI is InChI=1S/C13H24O2/c1-5-6-8-12(14)11-13(2,3)9-7-10-15-4/h7,10H,5-6,8-9,11H2,1-4H3. The van der Waals surface area contributed by atoms with Gasteiger partial charge in [-0.1, -0.05) is 27.2 Å². The smallest absolute Gasteiger partial charge is 0.133 e. The monoisotopic (exact) mass is 212 g/mol. The first-order valence-corrected chi connectivity index (χ1v) is 5.71. The number of allylic oxidation sites excluding steroid dienone is 1. The van der Waals surface area contributed by atoms with E-state index in [9.17, 15) is 4.79 Å². The molecule has 0 aliphatic carbocycles. The van der Waals surface area contributed by atoms with E-state index in [4.69, 9.17) is 4.74 Å². The Kier molecular flexibility index (Phi) is 7.10. The molecule has 0 atom stereocenters. The van der Waals surface area contributed by atoms with Crippen LogP contribution in [0.2, 0.25) is 0 Å². The Bertz CT molecular complexity index is 205. The maximum Gasteiger partial charge on any atom is 0.133 e. The predicted molar refractivity (Wildman–Crippen MR) is 63.7 cm³/mol. The van der Waals surface area contributed by atoms with Crippen molar-refractivity contribution in [3.05, 3.63) is 12.3 Å². The van der Waals surface area contributed by atoms with Gasteiger partial charge >= 0.3 is 0 Å². The van der Waals surface area contributed by atoms with Crippen LogP contribution in [0.5, 0.6) is 0 Å². The molecule has 0 aromatic carbocycles. The van der Waals surface area contributed by atoms with E-state index in [1.807, 2.05) is 6.08 Å². The minimum Gasteiger partial charge on any atom is -0.505 e. The predicted octanol–water partition coefficient (Wildman–Crippen LogP) is 3.71. The molecule has 0 saturated heterocycles. The molecule has 0 aromatic heterocycles. The molecule has 0 aliphatic heterocycles. The molecule has 0 radical (unpaired) electrons. The molecule has 0 bridgehead atoms. The summed E-state index contributed by atoms with van der Waals surface area (Å²) in [6.07, 6.45) is 8.05. The van der Waals surface area contributed by atoms with E-state index in [0.29, 0.717) is 12.2 Å². The fourth-order valence-corrected chi connectivity index (χ4v) is 1.53. The molecule has 15 heavy (non-hydrogen) atoms. The van der Waals surface area contributed by atoms with Gasteiger partial charge in [-0.2, -0.15) is 0 Å². The normalized spacial score (nSPS) is 12.0. The van der Waals surface area contributed by atoms with Crippen molar-refractivity contribution >= 4 is 5.78 Å². The van der Waals surface area contributed by atoms with Gasteiger partial charge in [0.25, 0.3) is 0 Å². The van der Waals surface area contributed by atoms with Crippen molar-refractivity contribution in [2.75, 3.05) is 7.11 Å². The molecule has 88 valence electrons. The summed E-state index contributed by atoms with van der Waals surface area (Å²) < 4.78 is 4.84. The highest BCUT2D eigenvalue weighted by Gasteiger charge is 2.19. The summed E-state index contributed by atoms with van der Waals surface area (Å²) in [5, 5.41) is 0. The van der Waals surface area contributed by atoms with Gasteiger partial charge in [0.2, 0.25) is 0 Å². The first-order chi connectivity index (χ1) is 7.02. The number of unbranched alkanes of at least 4 members (excludes halogenated alkanes) is 1. The molecule has 2 nitrogen and oxygen atoms in total. The van der Waals surface area contributed by atoms with Crippen LogP contribution in [-0.2, 0) is 9.53 Å². The second-order valence-corrected chi connectivity index (χ2v) is 4.79. The molecule has 0 unspecified atom stereocenters. The highest BCUT2D eigenvalue weighted by Crippen LogP contribution is 2.26. The van der Waals surface area contributed by atoms with Crippen LogP contribution in [0.1, 0.15) is 52.9 Å². The summed E-state index contributed by atoms with van der Waals surface area (Å²) in [4.78, 5) is 11.6. The van der Waals surface area contributed by atoms with Crippen molar-refractivity contribution in [1.29, 1.82) is 0 Å². The molecule has 0 spiro atoms. The van der Waals surface area contributed by atoms with Gasteiger partial charge in [-0.15, -0.1) is 0 Å². The maximum absolute atomic E-state index is 11.6. The van der Waals surface area contributed by atoms with Crippen LogP contribution < -0.4 is 0 Å². The minimum absolute atomic E-state index is 0.0554. The number of ether oxygens (including phenoxy) is 1. The Morgan fingerprint density at radius 1 is 1.40 bits per heavy atom. The third-order valence-corrected chi connectivity index (χ3v) is 2.39. The Balaban J connectivity index is 3.90. The molecular formula is C13H24O2. The minimum atomic E-state index is 0.0554. The zero-order valence-electron chi connectivity index (χ0n) is 10.5. The van der Waals surface area contributed by atoms with Crippen molar-refractivity contribution in [2.45, 2.75) is 52.9 Å². The number of carbonyl (C=O) groups excluding carboxylic acids is 1. The number of hydrogen-bond acceptors (Lipinski definition) is 2. The molecule has 0 aromatic rings. The molecular weight excluding hydrogens is 188 g/mol. The topological polar surface area (TPSA) is 26.3 Å². The molecule has 0 saturated carbocycles. The quantitative estimate of drug-likeness (QED) is 0.573. The number of hydrogen-bond donors (Lipinski definition) is 0. The van der Waals surface area contributed by atoms with Gasteiger partial charge in [-0.3, -0.25) is 4.79 Å². The van der Waals surface area contributed by atoms with Crippen molar-refractivity contribution in [3.8, 4) is 0 Å². The third-order valence-electron chi connectivity index (χ3n) is 2.39. The molecule has 0 rings (SSSR count). The Hall–Kier alpha value is -0.790. The number of ketones is 1. The van der Waals surface area contributed by atoms with Crippen LogP contribution in [0, 0.1) is 5.41 Å². The lowest BCUT2D eigenvalue weighted by atomic mass is 9.83. The number of methoxy groups -OCH3 is 1. The molecule has 2 heteroatoms. The summed E-state index contributed by atoms with van der Waals surface area (Å²) in [6, 6.07) is 0. The number of Topliss-reactive ketones (excluding diaryl/α,β-unsaturated/α-hetero) is 1. The van der Waals surface area contributed by atoms with Crippen molar-refractivity contribution in [3.63, 3.8) is 0 Å². The average molecular weight is 212 g/mol. The number of rotatable bonds is 8. The number of carbonyl (C=O) groups is 1. The Labute approximate surface area is 93.7 Å². The first kappa shape index (κ1) is 14.2. The molecule has 0 heterocycles. The summed E-state index contributed by atoms with van der Waals surface area (Å²) in [5.74, 6) is 0.382. The lowest BCUT2D eigenvalue weighted by Crippen LogP contribution is -2.16. The summed E-state index contributed by atoms with van der Waals surface area (Å²) in [7, 11) is 1.63. The van der Waals surface area contributed by atoms with E-state index in [0.717, 1.165) is 25.7 Å². The van der Waals surface area contributed by atoms with Crippen LogP contribution in [0.25, 0.3) is 0 Å². The van der Waals surface area contributed by atoms with Crippen LogP contribution in [-0.4, -0.2) is 12.9 Å². The van der Waals surface area contributed by atoms with E-state index >= 15 is 0 Å². The Morgan fingerprint density at radius 3 is 2.60 bits per heavy atom.